The van der Waals surface area contributed by atoms with Gasteiger partial charge in [0.05, 0.1) is 11.1 Å². The van der Waals surface area contributed by atoms with Crippen LogP contribution in [0.15, 0.2) is 24.3 Å². The van der Waals surface area contributed by atoms with Gasteiger partial charge in [-0.2, -0.15) is 8.78 Å². The van der Waals surface area contributed by atoms with Crippen LogP contribution in [0.25, 0.3) is 0 Å². The molecule has 1 fully saturated rings. The minimum atomic E-state index is -4.45. The Morgan fingerprint density at radius 1 is 1.08 bits per heavy atom. The largest absolute Gasteiger partial charge is 0.459 e. The summed E-state index contributed by atoms with van der Waals surface area (Å²) in [6.45, 7) is 0.339. The molecule has 0 radical (unpaired) electrons. The summed E-state index contributed by atoms with van der Waals surface area (Å²) in [7, 11) is 0. The second kappa shape index (κ2) is 8.51. The van der Waals surface area contributed by atoms with Crippen LogP contribution in [0.4, 0.5) is 17.6 Å². The van der Waals surface area contributed by atoms with Crippen LogP contribution in [0, 0.1) is 5.92 Å². The van der Waals surface area contributed by atoms with Crippen molar-refractivity contribution >= 4 is 11.9 Å². The van der Waals surface area contributed by atoms with E-state index >= 15 is 0 Å². The van der Waals surface area contributed by atoms with Gasteiger partial charge in [-0.25, -0.2) is 18.4 Å². The van der Waals surface area contributed by atoms with Crippen molar-refractivity contribution < 1.29 is 36.6 Å². The number of hydrogen-bond acceptors (Lipinski definition) is 4. The summed E-state index contributed by atoms with van der Waals surface area (Å²) < 4.78 is 59.8. The molecule has 1 aliphatic rings. The van der Waals surface area contributed by atoms with Gasteiger partial charge < -0.3 is 9.47 Å². The molecule has 1 aromatic carbocycles. The second-order valence-corrected chi connectivity index (χ2v) is 6.47. The average molecular weight is 376 g/mol. The minimum absolute atomic E-state index is 0.142. The van der Waals surface area contributed by atoms with Gasteiger partial charge in [-0.3, -0.25) is 0 Å². The molecule has 1 aromatic rings. The lowest BCUT2D eigenvalue weighted by molar-refractivity contribution is -0.155. The Balaban J connectivity index is 2.04. The zero-order chi connectivity index (χ0) is 19.3. The predicted octanol–water partition coefficient (Wildman–Crippen LogP) is 4.48. The number of hydrogen-bond donors (Lipinski definition) is 0. The van der Waals surface area contributed by atoms with E-state index in [9.17, 15) is 27.2 Å². The van der Waals surface area contributed by atoms with Gasteiger partial charge in [0.1, 0.15) is 6.10 Å². The van der Waals surface area contributed by atoms with Crippen molar-refractivity contribution in [2.45, 2.75) is 51.1 Å². The van der Waals surface area contributed by atoms with E-state index in [4.69, 9.17) is 4.74 Å². The normalized spacial score (nSPS) is 20.7. The number of rotatable bonds is 6. The monoisotopic (exact) mass is 376 g/mol. The molecule has 0 saturated heterocycles. The van der Waals surface area contributed by atoms with Gasteiger partial charge in [-0.05, 0) is 43.7 Å². The van der Waals surface area contributed by atoms with Crippen LogP contribution >= 0.6 is 0 Å². The third-order valence-corrected chi connectivity index (χ3v) is 4.32. The highest BCUT2D eigenvalue weighted by Crippen LogP contribution is 2.27. The van der Waals surface area contributed by atoms with E-state index in [1.54, 1.807) is 0 Å². The molecule has 4 nitrogen and oxygen atoms in total. The van der Waals surface area contributed by atoms with E-state index in [-0.39, 0.29) is 17.2 Å². The van der Waals surface area contributed by atoms with Crippen molar-refractivity contribution in [1.82, 2.24) is 0 Å². The third-order valence-electron chi connectivity index (χ3n) is 4.32. The molecule has 0 bridgehead atoms. The number of carbonyl (C=O) groups excluding carboxylic acids is 2. The van der Waals surface area contributed by atoms with Crippen LogP contribution in [0.5, 0.6) is 0 Å². The quantitative estimate of drug-likeness (QED) is 0.543. The molecule has 26 heavy (non-hydrogen) atoms. The zero-order valence-corrected chi connectivity index (χ0v) is 14.2. The van der Waals surface area contributed by atoms with Crippen LogP contribution in [-0.2, 0) is 9.47 Å². The van der Waals surface area contributed by atoms with E-state index in [0.717, 1.165) is 12.8 Å². The smallest absolute Gasteiger partial charge is 0.340 e. The molecule has 0 amide bonds. The van der Waals surface area contributed by atoms with Gasteiger partial charge in [0, 0.05) is 0 Å². The van der Waals surface area contributed by atoms with E-state index < -0.39 is 30.9 Å². The van der Waals surface area contributed by atoms with Crippen LogP contribution < -0.4 is 0 Å². The maximum Gasteiger partial charge on any atom is 0.340 e. The summed E-state index contributed by atoms with van der Waals surface area (Å²) in [4.78, 5) is 24.3. The molecule has 2 rings (SSSR count). The van der Waals surface area contributed by atoms with Gasteiger partial charge in [0.15, 0.2) is 6.61 Å². The topological polar surface area (TPSA) is 52.6 Å². The first-order valence-electron chi connectivity index (χ1n) is 8.34. The molecule has 0 heterocycles. The van der Waals surface area contributed by atoms with Crippen LogP contribution in [-0.4, -0.2) is 37.0 Å². The number of benzene rings is 1. The third kappa shape index (κ3) is 5.19. The van der Waals surface area contributed by atoms with Crippen molar-refractivity contribution in [3.05, 3.63) is 35.4 Å². The highest BCUT2D eigenvalue weighted by atomic mass is 19.3. The van der Waals surface area contributed by atoms with Gasteiger partial charge in [-0.1, -0.05) is 19.1 Å². The van der Waals surface area contributed by atoms with Crippen molar-refractivity contribution in [1.29, 1.82) is 0 Å². The van der Waals surface area contributed by atoms with Crippen LogP contribution in [0.1, 0.15) is 53.3 Å². The SMILES string of the molecule is CC1CCC(OC(=O)c2ccccc2C(=O)OCC(F)(F)C(F)F)CC1. The van der Waals surface area contributed by atoms with Crippen molar-refractivity contribution in [3.63, 3.8) is 0 Å². The Morgan fingerprint density at radius 2 is 1.62 bits per heavy atom. The molecule has 0 aliphatic heterocycles. The molecule has 0 spiro atoms. The summed E-state index contributed by atoms with van der Waals surface area (Å²) in [5.74, 6) is -5.94. The Hall–Kier alpha value is -2.12. The summed E-state index contributed by atoms with van der Waals surface area (Å²) >= 11 is 0. The van der Waals surface area contributed by atoms with Crippen LogP contribution in [0.3, 0.4) is 0 Å². The van der Waals surface area contributed by atoms with Gasteiger partial charge in [0.2, 0.25) is 0 Å². The standard InChI is InChI=1S/C18H20F4O4/c1-11-6-8-12(9-7-11)26-16(24)14-5-3-2-4-13(14)15(23)25-10-18(21,22)17(19)20/h2-5,11-12,17H,6-10H2,1H3. The van der Waals surface area contributed by atoms with Crippen molar-refractivity contribution in [3.8, 4) is 0 Å². The average Bonchev–Trinajstić information content (AvgIpc) is 2.61. The lowest BCUT2D eigenvalue weighted by Gasteiger charge is -2.26. The summed E-state index contributed by atoms with van der Waals surface area (Å²) in [5, 5.41) is 0. The van der Waals surface area contributed by atoms with Gasteiger partial charge in [-0.15, -0.1) is 0 Å². The van der Waals surface area contributed by atoms with E-state index in [0.29, 0.717) is 18.8 Å². The molecule has 0 aromatic heterocycles. The van der Waals surface area contributed by atoms with E-state index in [1.807, 2.05) is 0 Å². The Kier molecular flexibility index (Phi) is 6.61. The maximum atomic E-state index is 12.9. The zero-order valence-electron chi connectivity index (χ0n) is 14.2. The number of ether oxygens (including phenoxy) is 2. The summed E-state index contributed by atoms with van der Waals surface area (Å²) in [6, 6.07) is 5.38. The molecule has 8 heteroatoms. The fourth-order valence-electron chi connectivity index (χ4n) is 2.70. The second-order valence-electron chi connectivity index (χ2n) is 6.47. The Morgan fingerprint density at radius 3 is 2.15 bits per heavy atom. The number of alkyl halides is 4. The predicted molar refractivity (Wildman–Crippen MR) is 84.5 cm³/mol. The fraction of sp³-hybridized carbons (Fsp3) is 0.556. The lowest BCUT2D eigenvalue weighted by Crippen LogP contribution is -2.33. The summed E-state index contributed by atoms with van der Waals surface area (Å²) in [6.07, 6.45) is -0.968. The van der Waals surface area contributed by atoms with Gasteiger partial charge in [0.25, 0.3) is 0 Å². The maximum absolute atomic E-state index is 12.9. The fourth-order valence-corrected chi connectivity index (χ4v) is 2.70. The molecular weight excluding hydrogens is 356 g/mol. The molecule has 1 saturated carbocycles. The first-order chi connectivity index (χ1) is 12.2. The number of esters is 2. The molecular formula is C18H20F4O4. The Bertz CT molecular complexity index is 640. The van der Waals surface area contributed by atoms with E-state index in [1.165, 1.54) is 24.3 Å². The highest BCUT2D eigenvalue weighted by Gasteiger charge is 2.42. The number of halogens is 4. The van der Waals surface area contributed by atoms with Crippen molar-refractivity contribution in [2.24, 2.45) is 5.92 Å². The molecule has 1 aliphatic carbocycles. The van der Waals surface area contributed by atoms with Crippen LogP contribution in [0.2, 0.25) is 0 Å². The minimum Gasteiger partial charge on any atom is -0.459 e. The molecule has 0 N–H and O–H groups in total. The Labute approximate surface area is 148 Å². The summed E-state index contributed by atoms with van der Waals surface area (Å²) in [5.41, 5.74) is -0.441. The molecule has 144 valence electrons. The van der Waals surface area contributed by atoms with Crippen molar-refractivity contribution in [2.75, 3.05) is 6.61 Å². The first kappa shape index (κ1) is 20.2. The molecule has 0 unspecified atom stereocenters. The van der Waals surface area contributed by atoms with E-state index in [2.05, 4.69) is 11.7 Å². The highest BCUT2D eigenvalue weighted by molar-refractivity contribution is 6.03. The first-order valence-corrected chi connectivity index (χ1v) is 8.34. The lowest BCUT2D eigenvalue weighted by atomic mass is 9.89. The molecule has 0 atom stereocenters. The van der Waals surface area contributed by atoms with Gasteiger partial charge >= 0.3 is 24.3 Å². The number of carbonyl (C=O) groups is 2.